The van der Waals surface area contributed by atoms with Crippen LogP contribution in [0.4, 0.5) is 9.32 Å². The number of hydrogen-bond donors (Lipinski definition) is 3. The first-order valence-electron chi connectivity index (χ1n) is 10.7. The highest BCUT2D eigenvalue weighted by Gasteiger charge is 2.17. The van der Waals surface area contributed by atoms with Crippen LogP contribution in [-0.2, 0) is 16.8 Å². The number of phenolic OH excluding ortho intramolecular Hbond substituents is 1. The fraction of sp³-hybridized carbons (Fsp3) is 0.320. The Morgan fingerprint density at radius 3 is 2.31 bits per heavy atom. The number of fused-ring (bicyclic) bond motifs is 1. The monoisotopic (exact) mass is 489 g/mol. The number of nitrogens with zero attached hydrogens (tertiary/aromatic N) is 2. The van der Waals surface area contributed by atoms with Gasteiger partial charge in [0, 0.05) is 37.3 Å². The third-order valence-corrected chi connectivity index (χ3v) is 4.76. The van der Waals surface area contributed by atoms with Crippen molar-refractivity contribution in [2.75, 3.05) is 7.11 Å². The number of ether oxygens (including phenoxy) is 1. The molecule has 0 bridgehead atoms. The second kappa shape index (κ2) is 13.7. The summed E-state index contributed by atoms with van der Waals surface area (Å²) in [7, 11) is 3.03. The highest BCUT2D eigenvalue weighted by atomic mass is 19.3. The van der Waals surface area contributed by atoms with E-state index in [1.165, 1.54) is 29.5 Å². The number of phenols is 1. The van der Waals surface area contributed by atoms with E-state index in [0.29, 0.717) is 16.8 Å². The zero-order valence-corrected chi connectivity index (χ0v) is 20.9. The highest BCUT2D eigenvalue weighted by molar-refractivity contribution is 6.02. The van der Waals surface area contributed by atoms with E-state index in [9.17, 15) is 19.2 Å². The Bertz CT molecular complexity index is 1190. The normalized spacial score (nSPS) is 10.7. The summed E-state index contributed by atoms with van der Waals surface area (Å²) in [5.74, 6) is -0.454. The SMILES string of the molecule is CC(=O)N/N=C(\C)c1cc(C(C)C)c(OC(=O)O)cc1O.COF.Cc1ccc2c(ccn2C)c1. The zero-order chi connectivity index (χ0) is 26.7. The molecule has 0 aliphatic heterocycles. The number of aryl methyl sites for hydroxylation is 2. The Morgan fingerprint density at radius 2 is 1.77 bits per heavy atom. The van der Waals surface area contributed by atoms with Gasteiger partial charge in [0.15, 0.2) is 0 Å². The number of benzene rings is 2. The van der Waals surface area contributed by atoms with Crippen molar-refractivity contribution in [1.29, 1.82) is 0 Å². The molecular weight excluding hydrogens is 457 g/mol. The minimum Gasteiger partial charge on any atom is -0.507 e. The summed E-state index contributed by atoms with van der Waals surface area (Å²) in [4.78, 5) is 24.3. The van der Waals surface area contributed by atoms with Gasteiger partial charge in [-0.1, -0.05) is 25.5 Å². The lowest BCUT2D eigenvalue weighted by molar-refractivity contribution is -0.118. The van der Waals surface area contributed by atoms with Crippen LogP contribution in [0, 0.1) is 6.92 Å². The van der Waals surface area contributed by atoms with Gasteiger partial charge in [-0.2, -0.15) is 10.0 Å². The molecule has 1 heterocycles. The number of hydrogen-bond acceptors (Lipinski definition) is 6. The predicted molar refractivity (Wildman–Crippen MR) is 133 cm³/mol. The second-order valence-electron chi connectivity index (χ2n) is 7.94. The molecule has 0 spiro atoms. The Hall–Kier alpha value is -3.92. The predicted octanol–water partition coefficient (Wildman–Crippen LogP) is 5.44. The molecule has 3 aromatic rings. The third kappa shape index (κ3) is 9.09. The van der Waals surface area contributed by atoms with Crippen LogP contribution in [0.15, 0.2) is 47.7 Å². The van der Waals surface area contributed by atoms with Gasteiger partial charge in [-0.15, -0.1) is 0 Å². The maximum atomic E-state index is 10.8. The Morgan fingerprint density at radius 1 is 1.14 bits per heavy atom. The number of hydrazone groups is 1. The van der Waals surface area contributed by atoms with E-state index in [-0.39, 0.29) is 23.3 Å². The van der Waals surface area contributed by atoms with Crippen LogP contribution >= 0.6 is 0 Å². The molecule has 0 saturated carbocycles. The lowest BCUT2D eigenvalue weighted by atomic mass is 9.97. The molecule has 1 aromatic heterocycles. The first kappa shape index (κ1) is 29.1. The van der Waals surface area contributed by atoms with E-state index in [0.717, 1.165) is 7.11 Å². The Kier molecular flexibility index (Phi) is 11.4. The van der Waals surface area contributed by atoms with Crippen molar-refractivity contribution in [1.82, 2.24) is 9.99 Å². The van der Waals surface area contributed by atoms with Gasteiger partial charge in [0.1, 0.15) is 11.5 Å². The number of rotatable bonds is 4. The smallest absolute Gasteiger partial charge is 0.507 e. The van der Waals surface area contributed by atoms with Crippen molar-refractivity contribution in [2.45, 2.75) is 40.5 Å². The van der Waals surface area contributed by atoms with Crippen LogP contribution in [-0.4, -0.2) is 39.7 Å². The largest absolute Gasteiger partial charge is 0.511 e. The average Bonchev–Trinajstić information content (AvgIpc) is 3.12. The van der Waals surface area contributed by atoms with E-state index in [1.54, 1.807) is 13.0 Å². The molecule has 0 saturated heterocycles. The summed E-state index contributed by atoms with van der Waals surface area (Å²) in [6.07, 6.45) is 0.636. The molecule has 1 amide bonds. The number of aromatic hydroxyl groups is 1. The summed E-state index contributed by atoms with van der Waals surface area (Å²) in [5.41, 5.74) is 6.31. The van der Waals surface area contributed by atoms with E-state index in [4.69, 9.17) is 5.11 Å². The minimum atomic E-state index is -1.45. The van der Waals surface area contributed by atoms with Crippen LogP contribution in [0.25, 0.3) is 10.9 Å². The molecule has 35 heavy (non-hydrogen) atoms. The lowest BCUT2D eigenvalue weighted by Gasteiger charge is -2.14. The first-order chi connectivity index (χ1) is 16.4. The molecule has 0 unspecified atom stereocenters. The number of aromatic nitrogens is 1. The topological polar surface area (TPSA) is 122 Å². The molecule has 3 N–H and O–H groups in total. The van der Waals surface area contributed by atoms with Crippen LogP contribution in [0.3, 0.4) is 0 Å². The van der Waals surface area contributed by atoms with Gasteiger partial charge in [0.2, 0.25) is 5.91 Å². The summed E-state index contributed by atoms with van der Waals surface area (Å²) < 4.78 is 16.6. The molecule has 9 nitrogen and oxygen atoms in total. The summed E-state index contributed by atoms with van der Waals surface area (Å²) in [6.45, 7) is 8.79. The number of nitrogens with one attached hydrogen (secondary N) is 1. The van der Waals surface area contributed by atoms with E-state index < -0.39 is 6.16 Å². The standard InChI is InChI=1S/C14H18N2O5.C10H11N.CH3FO/c1-7(2)10-5-11(8(3)15-16-9(4)17)12(18)6-13(10)21-14(19)20;1-8-3-4-10-9(7-8)5-6-11(10)2;1-3-2/h5-7,18H,1-4H3,(H,16,17)(H,19,20);3-7H,1-2H3;1H3/b15-8+;;. The number of amides is 1. The second-order valence-corrected chi connectivity index (χ2v) is 7.94. The van der Waals surface area contributed by atoms with E-state index in [2.05, 4.69) is 69.2 Å². The summed E-state index contributed by atoms with van der Waals surface area (Å²) in [6, 6.07) is 11.5. The molecule has 0 atom stereocenters. The van der Waals surface area contributed by atoms with Crippen LogP contribution in [0.5, 0.6) is 11.5 Å². The Labute approximate surface area is 203 Å². The van der Waals surface area contributed by atoms with Crippen LogP contribution < -0.4 is 10.2 Å². The molecule has 190 valence electrons. The van der Waals surface area contributed by atoms with Gasteiger partial charge in [0.05, 0.1) is 12.8 Å². The van der Waals surface area contributed by atoms with Gasteiger partial charge < -0.3 is 19.5 Å². The molecule has 0 aliphatic carbocycles. The van der Waals surface area contributed by atoms with Gasteiger partial charge >= 0.3 is 6.16 Å². The molecule has 0 radical (unpaired) electrons. The third-order valence-electron chi connectivity index (χ3n) is 4.76. The molecule has 0 aliphatic rings. The molecule has 10 heteroatoms. The lowest BCUT2D eigenvalue weighted by Crippen LogP contribution is -2.15. The first-order valence-corrected chi connectivity index (χ1v) is 10.7. The van der Waals surface area contributed by atoms with Crippen molar-refractivity contribution >= 4 is 28.7 Å². The van der Waals surface area contributed by atoms with Crippen LogP contribution in [0.2, 0.25) is 0 Å². The maximum absolute atomic E-state index is 10.8. The minimum absolute atomic E-state index is 0.0210. The van der Waals surface area contributed by atoms with Gasteiger partial charge in [0.25, 0.3) is 0 Å². The molecule has 2 aromatic carbocycles. The van der Waals surface area contributed by atoms with Gasteiger partial charge in [-0.3, -0.25) is 4.79 Å². The fourth-order valence-electron chi connectivity index (χ4n) is 3.13. The maximum Gasteiger partial charge on any atom is 0.511 e. The van der Waals surface area contributed by atoms with Crippen LogP contribution in [0.1, 0.15) is 50.3 Å². The Balaban J connectivity index is 0.000000361. The number of carboxylic acid groups (broad SMARTS) is 1. The number of halogens is 1. The van der Waals surface area contributed by atoms with E-state index in [1.807, 2.05) is 13.8 Å². The number of carbonyl (C=O) groups excluding carboxylic acids is 1. The van der Waals surface area contributed by atoms with E-state index >= 15 is 0 Å². The molecule has 3 rings (SSSR count). The highest BCUT2D eigenvalue weighted by Crippen LogP contribution is 2.33. The molecular formula is C25H32FN3O6. The summed E-state index contributed by atoms with van der Waals surface area (Å²) in [5, 5.41) is 23.9. The fourth-order valence-corrected chi connectivity index (χ4v) is 3.13. The van der Waals surface area contributed by atoms with Crippen molar-refractivity contribution in [3.8, 4) is 11.5 Å². The number of carbonyl (C=O) groups is 2. The van der Waals surface area contributed by atoms with Crippen molar-refractivity contribution in [3.05, 3.63) is 59.3 Å². The van der Waals surface area contributed by atoms with Crippen molar-refractivity contribution < 1.29 is 34.0 Å². The van der Waals surface area contributed by atoms with Crippen molar-refractivity contribution in [3.63, 3.8) is 0 Å². The zero-order valence-electron chi connectivity index (χ0n) is 20.9. The van der Waals surface area contributed by atoms with Crippen molar-refractivity contribution in [2.24, 2.45) is 12.1 Å². The van der Waals surface area contributed by atoms with Gasteiger partial charge in [-0.05, 0) is 59.5 Å². The molecule has 0 fully saturated rings. The average molecular weight is 490 g/mol. The quantitative estimate of drug-likeness (QED) is 0.194. The van der Waals surface area contributed by atoms with Gasteiger partial charge in [-0.25, -0.2) is 10.2 Å². The summed E-state index contributed by atoms with van der Waals surface area (Å²) >= 11 is 0.